The van der Waals surface area contributed by atoms with Gasteiger partial charge in [-0.05, 0) is 25.1 Å². The number of carbonyl (C=O) groups excluding carboxylic acids is 1. The second-order valence-corrected chi connectivity index (χ2v) is 4.22. The van der Waals surface area contributed by atoms with E-state index in [-0.39, 0.29) is 17.5 Å². The van der Waals surface area contributed by atoms with Gasteiger partial charge >= 0.3 is 0 Å². The smallest absolute Gasteiger partial charge is 0.254 e. The van der Waals surface area contributed by atoms with E-state index in [0.717, 1.165) is 37.7 Å². The molecule has 1 aliphatic rings. The molecule has 0 bridgehead atoms. The Morgan fingerprint density at radius 3 is 2.53 bits per heavy atom. The molecule has 92 valence electrons. The molecule has 1 heterocycles. The van der Waals surface area contributed by atoms with Gasteiger partial charge in [0.2, 0.25) is 0 Å². The first kappa shape index (κ1) is 12.0. The molecule has 1 saturated heterocycles. The third kappa shape index (κ3) is 2.61. The first-order valence-corrected chi connectivity index (χ1v) is 5.52. The predicted molar refractivity (Wildman–Crippen MR) is 59.7 cm³/mol. The molecule has 1 unspecified atom stereocenters. The van der Waals surface area contributed by atoms with E-state index in [2.05, 4.69) is 5.32 Å². The first-order valence-electron chi connectivity index (χ1n) is 5.52. The maximum absolute atomic E-state index is 13.0. The zero-order valence-corrected chi connectivity index (χ0v) is 9.54. The van der Waals surface area contributed by atoms with Crippen LogP contribution in [-0.4, -0.2) is 37.0 Å². The Balaban J connectivity index is 2.17. The molecule has 1 aromatic rings. The van der Waals surface area contributed by atoms with Gasteiger partial charge in [-0.3, -0.25) is 4.79 Å². The third-order valence-corrected chi connectivity index (χ3v) is 3.01. The zero-order chi connectivity index (χ0) is 12.4. The molecular weight excluding hydrogens is 226 g/mol. The second-order valence-electron chi connectivity index (χ2n) is 4.22. The van der Waals surface area contributed by atoms with E-state index in [1.165, 1.54) is 4.90 Å². The van der Waals surface area contributed by atoms with Gasteiger partial charge in [-0.1, -0.05) is 0 Å². The van der Waals surface area contributed by atoms with Crippen LogP contribution in [0.4, 0.5) is 8.78 Å². The summed E-state index contributed by atoms with van der Waals surface area (Å²) >= 11 is 0. The van der Waals surface area contributed by atoms with Crippen LogP contribution in [0.15, 0.2) is 18.2 Å². The van der Waals surface area contributed by atoms with Crippen molar-refractivity contribution in [2.45, 2.75) is 12.5 Å². The van der Waals surface area contributed by atoms with E-state index in [0.29, 0.717) is 0 Å². The highest BCUT2D eigenvalue weighted by Crippen LogP contribution is 2.14. The number of benzene rings is 1. The van der Waals surface area contributed by atoms with Crippen LogP contribution in [0.1, 0.15) is 16.8 Å². The summed E-state index contributed by atoms with van der Waals surface area (Å²) in [4.78, 5) is 13.5. The van der Waals surface area contributed by atoms with E-state index >= 15 is 0 Å². The number of nitrogens with zero attached hydrogens (tertiary/aromatic N) is 1. The van der Waals surface area contributed by atoms with Crippen molar-refractivity contribution in [2.24, 2.45) is 0 Å². The lowest BCUT2D eigenvalue weighted by molar-refractivity contribution is 0.0742. The third-order valence-electron chi connectivity index (χ3n) is 3.01. The Labute approximate surface area is 98.4 Å². The minimum absolute atomic E-state index is 0.0527. The van der Waals surface area contributed by atoms with Crippen LogP contribution in [0.5, 0.6) is 0 Å². The van der Waals surface area contributed by atoms with Crippen molar-refractivity contribution in [3.8, 4) is 0 Å². The topological polar surface area (TPSA) is 32.3 Å². The Morgan fingerprint density at radius 1 is 1.35 bits per heavy atom. The average molecular weight is 240 g/mol. The number of hydrogen-bond acceptors (Lipinski definition) is 2. The summed E-state index contributed by atoms with van der Waals surface area (Å²) in [6, 6.07) is 2.97. The highest BCUT2D eigenvalue weighted by molar-refractivity contribution is 5.94. The van der Waals surface area contributed by atoms with Crippen molar-refractivity contribution in [2.75, 3.05) is 20.1 Å². The maximum Gasteiger partial charge on any atom is 0.254 e. The molecule has 1 atom stereocenters. The van der Waals surface area contributed by atoms with Gasteiger partial charge < -0.3 is 10.2 Å². The van der Waals surface area contributed by atoms with E-state index in [1.807, 2.05) is 0 Å². The van der Waals surface area contributed by atoms with Gasteiger partial charge in [0.05, 0.1) is 0 Å². The standard InChI is InChI=1S/C12H14F2N2O/c1-16(11-2-3-15-7-11)12(17)8-4-9(13)6-10(14)5-8/h4-6,11,15H,2-3,7H2,1H3. The highest BCUT2D eigenvalue weighted by Gasteiger charge is 2.24. The Kier molecular flexibility index (Phi) is 3.38. The summed E-state index contributed by atoms with van der Waals surface area (Å²) in [7, 11) is 1.66. The first-order chi connectivity index (χ1) is 8.08. The minimum Gasteiger partial charge on any atom is -0.337 e. The molecule has 0 saturated carbocycles. The number of hydrogen-bond donors (Lipinski definition) is 1. The molecule has 0 radical (unpaired) electrons. The van der Waals surface area contributed by atoms with Crippen molar-refractivity contribution >= 4 is 5.91 Å². The fourth-order valence-corrected chi connectivity index (χ4v) is 2.02. The van der Waals surface area contributed by atoms with Crippen LogP contribution in [-0.2, 0) is 0 Å². The normalized spacial score (nSPS) is 19.4. The Morgan fingerprint density at radius 2 is 2.00 bits per heavy atom. The molecule has 3 nitrogen and oxygen atoms in total. The van der Waals surface area contributed by atoms with E-state index in [4.69, 9.17) is 0 Å². The summed E-state index contributed by atoms with van der Waals surface area (Å²) in [5.74, 6) is -1.81. The molecule has 1 aliphatic heterocycles. The molecule has 1 fully saturated rings. The van der Waals surface area contributed by atoms with Crippen molar-refractivity contribution < 1.29 is 13.6 Å². The van der Waals surface area contributed by atoms with Crippen LogP contribution >= 0.6 is 0 Å². The molecule has 2 rings (SSSR count). The van der Waals surface area contributed by atoms with Crippen LogP contribution in [0.25, 0.3) is 0 Å². The zero-order valence-electron chi connectivity index (χ0n) is 9.54. The highest BCUT2D eigenvalue weighted by atomic mass is 19.1. The SMILES string of the molecule is CN(C(=O)c1cc(F)cc(F)c1)C1CCNC1. The van der Waals surface area contributed by atoms with E-state index in [1.54, 1.807) is 7.05 Å². The molecule has 17 heavy (non-hydrogen) atoms. The van der Waals surface area contributed by atoms with Gasteiger partial charge in [0.1, 0.15) is 11.6 Å². The summed E-state index contributed by atoms with van der Waals surface area (Å²) in [5, 5.41) is 3.14. The quantitative estimate of drug-likeness (QED) is 0.847. The molecular formula is C12H14F2N2O. The van der Waals surface area contributed by atoms with Gasteiger partial charge in [-0.2, -0.15) is 0 Å². The fourth-order valence-electron chi connectivity index (χ4n) is 2.02. The molecule has 1 N–H and O–H groups in total. The fraction of sp³-hybridized carbons (Fsp3) is 0.417. The van der Waals surface area contributed by atoms with Crippen molar-refractivity contribution in [1.82, 2.24) is 10.2 Å². The maximum atomic E-state index is 13.0. The lowest BCUT2D eigenvalue weighted by Gasteiger charge is -2.23. The van der Waals surface area contributed by atoms with Crippen molar-refractivity contribution in [3.05, 3.63) is 35.4 Å². The monoisotopic (exact) mass is 240 g/mol. The van der Waals surface area contributed by atoms with Crippen molar-refractivity contribution in [3.63, 3.8) is 0 Å². The summed E-state index contributed by atoms with van der Waals surface area (Å²) in [6.07, 6.45) is 0.861. The van der Waals surface area contributed by atoms with E-state index < -0.39 is 11.6 Å². The van der Waals surface area contributed by atoms with Crippen LogP contribution < -0.4 is 5.32 Å². The van der Waals surface area contributed by atoms with Crippen molar-refractivity contribution in [1.29, 1.82) is 0 Å². The number of amides is 1. The number of nitrogens with one attached hydrogen (secondary N) is 1. The van der Waals surface area contributed by atoms with Crippen LogP contribution in [0.2, 0.25) is 0 Å². The summed E-state index contributed by atoms with van der Waals surface area (Å²) in [5.41, 5.74) is 0.0527. The van der Waals surface area contributed by atoms with Gasteiger partial charge in [-0.15, -0.1) is 0 Å². The molecule has 1 amide bonds. The number of carbonyl (C=O) groups is 1. The molecule has 5 heteroatoms. The minimum atomic E-state index is -0.730. The summed E-state index contributed by atoms with van der Waals surface area (Å²) in [6.45, 7) is 1.58. The Bertz CT molecular complexity index is 410. The molecule has 0 spiro atoms. The van der Waals surface area contributed by atoms with Gasteiger partial charge in [0, 0.05) is 31.3 Å². The number of halogens is 2. The molecule has 0 aliphatic carbocycles. The summed E-state index contributed by atoms with van der Waals surface area (Å²) < 4.78 is 26.0. The van der Waals surface area contributed by atoms with Gasteiger partial charge in [0.25, 0.3) is 5.91 Å². The van der Waals surface area contributed by atoms with Crippen LogP contribution in [0.3, 0.4) is 0 Å². The Hall–Kier alpha value is -1.49. The van der Waals surface area contributed by atoms with Gasteiger partial charge in [-0.25, -0.2) is 8.78 Å². The predicted octanol–water partition coefficient (Wildman–Crippen LogP) is 1.40. The van der Waals surface area contributed by atoms with Gasteiger partial charge in [0.15, 0.2) is 0 Å². The lowest BCUT2D eigenvalue weighted by atomic mass is 10.1. The second kappa shape index (κ2) is 4.79. The lowest BCUT2D eigenvalue weighted by Crippen LogP contribution is -2.38. The van der Waals surface area contributed by atoms with E-state index in [9.17, 15) is 13.6 Å². The largest absolute Gasteiger partial charge is 0.337 e. The number of rotatable bonds is 2. The average Bonchev–Trinajstić information content (AvgIpc) is 2.79. The molecule has 0 aromatic heterocycles. The molecule has 1 aromatic carbocycles. The van der Waals surface area contributed by atoms with Crippen LogP contribution in [0, 0.1) is 11.6 Å². The number of likely N-dealkylation sites (N-methyl/N-ethyl adjacent to an activating group) is 1.